The molecule has 2 fully saturated rings. The molecule has 134 valence electrons. The van der Waals surface area contributed by atoms with E-state index in [1.807, 2.05) is 23.1 Å². The van der Waals surface area contributed by atoms with Crippen LogP contribution in [0, 0.1) is 11.8 Å². The zero-order valence-corrected chi connectivity index (χ0v) is 14.4. The molecule has 0 radical (unpaired) electrons. The van der Waals surface area contributed by atoms with E-state index in [0.29, 0.717) is 37.0 Å². The van der Waals surface area contributed by atoms with Gasteiger partial charge in [-0.3, -0.25) is 4.40 Å². The van der Waals surface area contributed by atoms with Crippen LogP contribution in [0.1, 0.15) is 32.1 Å². The normalized spacial score (nSPS) is 23.0. The summed E-state index contributed by atoms with van der Waals surface area (Å²) >= 11 is 0. The number of aryl methyl sites for hydroxylation is 1. The van der Waals surface area contributed by atoms with E-state index in [1.54, 1.807) is 6.20 Å². The zero-order valence-electron chi connectivity index (χ0n) is 14.4. The summed E-state index contributed by atoms with van der Waals surface area (Å²) < 4.78 is 3.00. The molecule has 2 aromatic heterocycles. The molecule has 2 amide bonds. The van der Waals surface area contributed by atoms with Gasteiger partial charge in [0.05, 0.1) is 0 Å². The van der Waals surface area contributed by atoms with Crippen LogP contribution < -0.4 is 11.0 Å². The quantitative estimate of drug-likeness (QED) is 0.859. The molecule has 4 rings (SSSR count). The lowest BCUT2D eigenvalue weighted by Gasteiger charge is -2.22. The van der Waals surface area contributed by atoms with Gasteiger partial charge in [-0.15, -0.1) is 5.10 Å². The topological polar surface area (TPSA) is 71.6 Å². The number of pyridine rings is 1. The number of nitrogens with zero attached hydrogens (tertiary/aromatic N) is 4. The van der Waals surface area contributed by atoms with Crippen molar-refractivity contribution in [2.45, 2.75) is 38.6 Å². The molecule has 0 bridgehead atoms. The van der Waals surface area contributed by atoms with Crippen molar-refractivity contribution in [3.05, 3.63) is 34.9 Å². The van der Waals surface area contributed by atoms with Crippen LogP contribution in [0.25, 0.3) is 5.65 Å². The van der Waals surface area contributed by atoms with Crippen molar-refractivity contribution in [3.63, 3.8) is 0 Å². The third-order valence-corrected chi connectivity index (χ3v) is 5.57. The Morgan fingerprint density at radius 1 is 1.20 bits per heavy atom. The lowest BCUT2D eigenvalue weighted by Crippen LogP contribution is -2.39. The minimum absolute atomic E-state index is 0.0387. The summed E-state index contributed by atoms with van der Waals surface area (Å²) in [7, 11) is 0. The highest BCUT2D eigenvalue weighted by atomic mass is 16.2. The summed E-state index contributed by atoms with van der Waals surface area (Å²) in [6.07, 6.45) is 7.57. The molecule has 0 aromatic carbocycles. The number of nitrogens with one attached hydrogen (secondary N) is 1. The van der Waals surface area contributed by atoms with Gasteiger partial charge in [0.1, 0.15) is 0 Å². The molecule has 3 heterocycles. The van der Waals surface area contributed by atoms with Gasteiger partial charge in [0.25, 0.3) is 0 Å². The molecule has 1 N–H and O–H groups in total. The smallest absolute Gasteiger partial charge is 0.338 e. The molecule has 2 aliphatic rings. The molecule has 7 nitrogen and oxygen atoms in total. The first-order valence-corrected chi connectivity index (χ1v) is 9.29. The molecule has 2 aromatic rings. The van der Waals surface area contributed by atoms with E-state index in [1.165, 1.54) is 34.8 Å². The average molecular weight is 343 g/mol. The number of aromatic nitrogens is 3. The Morgan fingerprint density at radius 3 is 2.68 bits per heavy atom. The number of carbonyl (C=O) groups is 1. The van der Waals surface area contributed by atoms with Gasteiger partial charge in [-0.1, -0.05) is 18.9 Å². The number of rotatable bonds is 4. The predicted octanol–water partition coefficient (Wildman–Crippen LogP) is 1.72. The van der Waals surface area contributed by atoms with E-state index in [0.717, 1.165) is 13.1 Å². The number of amides is 2. The molecular weight excluding hydrogens is 318 g/mol. The van der Waals surface area contributed by atoms with Gasteiger partial charge in [-0.25, -0.2) is 14.3 Å². The Labute approximate surface area is 146 Å². The Kier molecular flexibility index (Phi) is 4.46. The summed E-state index contributed by atoms with van der Waals surface area (Å²) in [6, 6.07) is 5.53. The van der Waals surface area contributed by atoms with Crippen molar-refractivity contribution in [1.29, 1.82) is 0 Å². The predicted molar refractivity (Wildman–Crippen MR) is 94.5 cm³/mol. The van der Waals surface area contributed by atoms with Crippen LogP contribution >= 0.6 is 0 Å². The fourth-order valence-corrected chi connectivity index (χ4v) is 4.22. The SMILES string of the molecule is O=C(NCCCn1nc2ccccn2c1=O)N1C[C@H]2CCCC[C@@H]2C1. The first kappa shape index (κ1) is 16.2. The third kappa shape index (κ3) is 3.27. The van der Waals surface area contributed by atoms with Crippen molar-refractivity contribution < 1.29 is 4.79 Å². The van der Waals surface area contributed by atoms with Crippen LogP contribution in [0.2, 0.25) is 0 Å². The summed E-state index contributed by atoms with van der Waals surface area (Å²) in [4.78, 5) is 26.5. The largest absolute Gasteiger partial charge is 0.350 e. The van der Waals surface area contributed by atoms with Crippen molar-refractivity contribution in [1.82, 2.24) is 24.4 Å². The monoisotopic (exact) mass is 343 g/mol. The molecule has 0 unspecified atom stereocenters. The molecule has 1 aliphatic heterocycles. The first-order chi connectivity index (χ1) is 12.2. The molecule has 2 atom stereocenters. The van der Waals surface area contributed by atoms with Gasteiger partial charge in [-0.05, 0) is 43.2 Å². The fourth-order valence-electron chi connectivity index (χ4n) is 4.22. The van der Waals surface area contributed by atoms with Gasteiger partial charge >= 0.3 is 11.7 Å². The number of urea groups is 1. The van der Waals surface area contributed by atoms with Gasteiger partial charge < -0.3 is 10.2 Å². The standard InChI is InChI=1S/C18H25N5O2/c24-17(21-12-14-6-1-2-7-15(14)13-21)19-9-5-11-23-18(25)22-10-4-3-8-16(22)20-23/h3-4,8,10,14-15H,1-2,5-7,9,11-13H2,(H,19,24)/t14-,15-/m1/s1. The number of fused-ring (bicyclic) bond motifs is 2. The summed E-state index contributed by atoms with van der Waals surface area (Å²) in [5.41, 5.74) is 0.516. The molecule has 1 saturated heterocycles. The van der Waals surface area contributed by atoms with Crippen LogP contribution in [-0.2, 0) is 6.54 Å². The Morgan fingerprint density at radius 2 is 1.96 bits per heavy atom. The van der Waals surface area contributed by atoms with Crippen LogP contribution in [0.15, 0.2) is 29.2 Å². The van der Waals surface area contributed by atoms with Crippen LogP contribution in [-0.4, -0.2) is 44.7 Å². The number of hydrogen-bond donors (Lipinski definition) is 1. The molecule has 7 heteroatoms. The van der Waals surface area contributed by atoms with Crippen molar-refractivity contribution in [3.8, 4) is 0 Å². The lowest BCUT2D eigenvalue weighted by molar-refractivity contribution is 0.206. The van der Waals surface area contributed by atoms with Crippen molar-refractivity contribution in [2.24, 2.45) is 11.8 Å². The second-order valence-electron chi connectivity index (χ2n) is 7.23. The maximum atomic E-state index is 12.3. The summed E-state index contributed by atoms with van der Waals surface area (Å²) in [6.45, 7) is 2.88. The summed E-state index contributed by atoms with van der Waals surface area (Å²) in [5.74, 6) is 1.41. The van der Waals surface area contributed by atoms with Crippen LogP contribution in [0.5, 0.6) is 0 Å². The van der Waals surface area contributed by atoms with E-state index < -0.39 is 0 Å². The lowest BCUT2D eigenvalue weighted by atomic mass is 9.82. The number of hydrogen-bond acceptors (Lipinski definition) is 3. The fraction of sp³-hybridized carbons (Fsp3) is 0.611. The first-order valence-electron chi connectivity index (χ1n) is 9.29. The van der Waals surface area contributed by atoms with Crippen molar-refractivity contribution in [2.75, 3.05) is 19.6 Å². The van der Waals surface area contributed by atoms with Crippen LogP contribution in [0.3, 0.4) is 0 Å². The van der Waals surface area contributed by atoms with Crippen LogP contribution in [0.4, 0.5) is 4.79 Å². The molecule has 1 aliphatic carbocycles. The van der Waals surface area contributed by atoms with E-state index in [2.05, 4.69) is 10.4 Å². The van der Waals surface area contributed by atoms with Gasteiger partial charge in [0.15, 0.2) is 5.65 Å². The average Bonchev–Trinajstić information content (AvgIpc) is 3.20. The Balaban J connectivity index is 1.26. The third-order valence-electron chi connectivity index (χ3n) is 5.57. The molecular formula is C18H25N5O2. The number of likely N-dealkylation sites (tertiary alicyclic amines) is 1. The Hall–Kier alpha value is -2.31. The molecule has 0 spiro atoms. The minimum Gasteiger partial charge on any atom is -0.338 e. The molecule has 1 saturated carbocycles. The van der Waals surface area contributed by atoms with E-state index in [9.17, 15) is 9.59 Å². The van der Waals surface area contributed by atoms with Gasteiger partial charge in [-0.2, -0.15) is 0 Å². The maximum Gasteiger partial charge on any atom is 0.350 e. The Bertz CT molecular complexity index is 797. The van der Waals surface area contributed by atoms with E-state index in [4.69, 9.17) is 0 Å². The van der Waals surface area contributed by atoms with E-state index in [-0.39, 0.29) is 11.7 Å². The highest BCUT2D eigenvalue weighted by Gasteiger charge is 2.36. The molecule has 25 heavy (non-hydrogen) atoms. The van der Waals surface area contributed by atoms with Gasteiger partial charge in [0.2, 0.25) is 0 Å². The van der Waals surface area contributed by atoms with E-state index >= 15 is 0 Å². The van der Waals surface area contributed by atoms with Crippen molar-refractivity contribution >= 4 is 11.7 Å². The second kappa shape index (κ2) is 6.90. The van der Waals surface area contributed by atoms with Gasteiger partial charge in [0, 0.05) is 32.4 Å². The summed E-state index contributed by atoms with van der Waals surface area (Å²) in [5, 5.41) is 7.29. The number of carbonyl (C=O) groups excluding carboxylic acids is 1. The zero-order chi connectivity index (χ0) is 17.2. The minimum atomic E-state index is -0.134. The second-order valence-corrected chi connectivity index (χ2v) is 7.23. The highest BCUT2D eigenvalue weighted by molar-refractivity contribution is 5.74. The maximum absolute atomic E-state index is 12.3. The highest BCUT2D eigenvalue weighted by Crippen LogP contribution is 2.35.